The maximum Gasteiger partial charge on any atom is 0.134 e. The molecule has 1 unspecified atom stereocenters. The molecule has 0 bridgehead atoms. The molecule has 2 aromatic heterocycles. The molecule has 3 N–H and O–H groups in total. The molecule has 38 heavy (non-hydrogen) atoms. The lowest BCUT2D eigenvalue weighted by Crippen LogP contribution is -2.61. The molecule has 1 atom stereocenters. The molecule has 3 aliphatic heterocycles. The van der Waals surface area contributed by atoms with Crippen molar-refractivity contribution in [1.82, 2.24) is 15.3 Å². The van der Waals surface area contributed by atoms with Crippen molar-refractivity contribution in [2.75, 3.05) is 54.8 Å². The van der Waals surface area contributed by atoms with Crippen LogP contribution in [0.3, 0.4) is 0 Å². The Morgan fingerprint density at radius 3 is 2.55 bits per heavy atom. The van der Waals surface area contributed by atoms with E-state index in [1.54, 1.807) is 11.3 Å². The zero-order valence-electron chi connectivity index (χ0n) is 22.6. The van der Waals surface area contributed by atoms with Gasteiger partial charge in [-0.15, -0.1) is 11.3 Å². The highest BCUT2D eigenvalue weighted by Crippen LogP contribution is 2.51. The van der Waals surface area contributed by atoms with Gasteiger partial charge < -0.3 is 20.9 Å². The SMILES string of the molecule is CC1(C)CCCN(c2cc(N3CC4(CCCc5sc(N)c(C#N)c54)C3)nc(CCC3(C#N)CCNC3)n2)C1. The maximum atomic E-state index is 9.89. The van der Waals surface area contributed by atoms with Crippen LogP contribution in [-0.4, -0.2) is 49.2 Å². The van der Waals surface area contributed by atoms with Gasteiger partial charge >= 0.3 is 0 Å². The number of nitrogens with zero attached hydrogens (tertiary/aromatic N) is 6. The highest BCUT2D eigenvalue weighted by Gasteiger charge is 2.50. The molecule has 5 heterocycles. The molecule has 3 fully saturated rings. The third-order valence-corrected chi connectivity index (χ3v) is 10.4. The number of anilines is 3. The van der Waals surface area contributed by atoms with E-state index in [9.17, 15) is 10.5 Å². The quantitative estimate of drug-likeness (QED) is 0.592. The minimum atomic E-state index is -0.321. The van der Waals surface area contributed by atoms with Crippen molar-refractivity contribution < 1.29 is 0 Å². The van der Waals surface area contributed by atoms with E-state index < -0.39 is 0 Å². The molecule has 0 radical (unpaired) electrons. The van der Waals surface area contributed by atoms with E-state index in [2.05, 4.69) is 47.2 Å². The second-order valence-corrected chi connectivity index (χ2v) is 13.9. The maximum absolute atomic E-state index is 9.89. The summed E-state index contributed by atoms with van der Waals surface area (Å²) < 4.78 is 0. The van der Waals surface area contributed by atoms with Crippen LogP contribution in [0, 0.1) is 33.5 Å². The summed E-state index contributed by atoms with van der Waals surface area (Å²) in [6.45, 7) is 10.0. The fourth-order valence-electron chi connectivity index (χ4n) is 7.20. The molecule has 6 rings (SSSR count). The molecule has 0 amide bonds. The zero-order chi connectivity index (χ0) is 26.5. The van der Waals surface area contributed by atoms with Crippen molar-refractivity contribution in [3.63, 3.8) is 0 Å². The summed E-state index contributed by atoms with van der Waals surface area (Å²) in [6, 6.07) is 7.16. The molecule has 200 valence electrons. The summed E-state index contributed by atoms with van der Waals surface area (Å²) in [5.74, 6) is 2.82. The van der Waals surface area contributed by atoms with E-state index in [4.69, 9.17) is 15.7 Å². The van der Waals surface area contributed by atoms with E-state index in [1.807, 2.05) is 0 Å². The van der Waals surface area contributed by atoms with Gasteiger partial charge in [-0.1, -0.05) is 13.8 Å². The van der Waals surface area contributed by atoms with E-state index >= 15 is 0 Å². The molecule has 8 nitrogen and oxygen atoms in total. The average Bonchev–Trinajstić information content (AvgIpc) is 3.49. The van der Waals surface area contributed by atoms with Crippen molar-refractivity contribution in [3.05, 3.63) is 27.9 Å². The van der Waals surface area contributed by atoms with Crippen LogP contribution in [0.5, 0.6) is 0 Å². The first-order valence-electron chi connectivity index (χ1n) is 14.1. The lowest BCUT2D eigenvalue weighted by molar-refractivity contribution is 0.283. The average molecular weight is 531 g/mol. The van der Waals surface area contributed by atoms with Crippen LogP contribution in [0.15, 0.2) is 6.07 Å². The first-order valence-corrected chi connectivity index (χ1v) is 14.9. The summed E-state index contributed by atoms with van der Waals surface area (Å²) in [6.07, 6.45) is 8.01. The number of aryl methyl sites for hydroxylation is 2. The van der Waals surface area contributed by atoms with Crippen LogP contribution in [0.25, 0.3) is 0 Å². The number of piperidine rings is 1. The lowest BCUT2D eigenvalue weighted by Gasteiger charge is -2.53. The minimum Gasteiger partial charge on any atom is -0.389 e. The number of aromatic nitrogens is 2. The first kappa shape index (κ1) is 25.4. The minimum absolute atomic E-state index is 0.00839. The summed E-state index contributed by atoms with van der Waals surface area (Å²) in [5, 5.41) is 23.8. The molecular formula is C29H38N8S. The second kappa shape index (κ2) is 9.39. The van der Waals surface area contributed by atoms with Crippen LogP contribution in [-0.2, 0) is 18.3 Å². The second-order valence-electron chi connectivity index (χ2n) is 12.8. The van der Waals surface area contributed by atoms with Gasteiger partial charge in [0, 0.05) is 55.5 Å². The number of hydrogen-bond acceptors (Lipinski definition) is 9. The molecule has 3 saturated heterocycles. The highest BCUT2D eigenvalue weighted by atomic mass is 32.1. The molecule has 1 aliphatic carbocycles. The molecule has 9 heteroatoms. The number of nitrogens with two attached hydrogens (primary N) is 1. The standard InChI is InChI=1S/C29H38N8S/c1-27(2)7-4-12-36(17-27)23-13-24(35-22(34-23)6-9-28(15-31)10-11-33-16-28)37-18-29(19-37)8-3-5-21-25(29)20(14-30)26(32)38-21/h13,33H,3-12,16-19,32H2,1-2H3. The Labute approximate surface area is 229 Å². The monoisotopic (exact) mass is 530 g/mol. The van der Waals surface area contributed by atoms with E-state index in [0.717, 1.165) is 95.3 Å². The predicted octanol–water partition coefficient (Wildman–Crippen LogP) is 4.15. The first-order chi connectivity index (χ1) is 18.3. The Bertz CT molecular complexity index is 1300. The third kappa shape index (κ3) is 4.40. The van der Waals surface area contributed by atoms with E-state index in [0.29, 0.717) is 17.0 Å². The van der Waals surface area contributed by atoms with Crippen LogP contribution in [0.2, 0.25) is 0 Å². The van der Waals surface area contributed by atoms with Gasteiger partial charge in [-0.3, -0.25) is 0 Å². The van der Waals surface area contributed by atoms with Crippen LogP contribution < -0.4 is 20.9 Å². The van der Waals surface area contributed by atoms with Crippen molar-refractivity contribution >= 4 is 28.0 Å². The van der Waals surface area contributed by atoms with Gasteiger partial charge in [-0.2, -0.15) is 10.5 Å². The number of hydrogen-bond donors (Lipinski definition) is 2. The van der Waals surface area contributed by atoms with Gasteiger partial charge in [0.25, 0.3) is 0 Å². The summed E-state index contributed by atoms with van der Waals surface area (Å²) in [7, 11) is 0. The van der Waals surface area contributed by atoms with Crippen LogP contribution in [0.4, 0.5) is 16.6 Å². The number of nitrogen functional groups attached to an aromatic ring is 1. The largest absolute Gasteiger partial charge is 0.389 e. The summed E-state index contributed by atoms with van der Waals surface area (Å²) in [4.78, 5) is 16.2. The Morgan fingerprint density at radius 1 is 1.08 bits per heavy atom. The smallest absolute Gasteiger partial charge is 0.134 e. The van der Waals surface area contributed by atoms with Crippen molar-refractivity contribution in [1.29, 1.82) is 10.5 Å². The van der Waals surface area contributed by atoms with Crippen molar-refractivity contribution in [2.45, 2.75) is 70.6 Å². The van der Waals surface area contributed by atoms with Gasteiger partial charge in [0.1, 0.15) is 28.5 Å². The normalized spacial score (nSPS) is 25.5. The predicted molar refractivity (Wildman–Crippen MR) is 151 cm³/mol. The lowest BCUT2D eigenvalue weighted by atomic mass is 9.66. The molecular weight excluding hydrogens is 492 g/mol. The number of fused-ring (bicyclic) bond motifs is 2. The van der Waals surface area contributed by atoms with E-state index in [1.165, 1.54) is 16.9 Å². The fourth-order valence-corrected chi connectivity index (χ4v) is 8.39. The Kier molecular flexibility index (Phi) is 6.28. The Hall–Kier alpha value is -2.88. The van der Waals surface area contributed by atoms with Gasteiger partial charge in [0.2, 0.25) is 0 Å². The Morgan fingerprint density at radius 2 is 1.87 bits per heavy atom. The van der Waals surface area contributed by atoms with Gasteiger partial charge in [0.15, 0.2) is 0 Å². The topological polar surface area (TPSA) is 118 Å². The summed E-state index contributed by atoms with van der Waals surface area (Å²) >= 11 is 1.61. The number of thiophene rings is 1. The molecule has 0 saturated carbocycles. The van der Waals surface area contributed by atoms with Crippen molar-refractivity contribution in [3.8, 4) is 12.1 Å². The third-order valence-electron chi connectivity index (χ3n) is 9.30. The van der Waals surface area contributed by atoms with E-state index in [-0.39, 0.29) is 16.2 Å². The number of nitriles is 2. The summed E-state index contributed by atoms with van der Waals surface area (Å²) in [5.41, 5.74) is 8.10. The van der Waals surface area contributed by atoms with Crippen molar-refractivity contribution in [2.24, 2.45) is 10.8 Å². The molecule has 4 aliphatic rings. The molecule has 0 aromatic carbocycles. The van der Waals surface area contributed by atoms with Gasteiger partial charge in [-0.05, 0) is 62.5 Å². The number of nitrogens with one attached hydrogen (secondary N) is 1. The Balaban J connectivity index is 1.29. The molecule has 1 spiro atoms. The fraction of sp³-hybridized carbons (Fsp3) is 0.655. The van der Waals surface area contributed by atoms with Gasteiger partial charge in [-0.25, -0.2) is 9.97 Å². The van der Waals surface area contributed by atoms with Gasteiger partial charge in [0.05, 0.1) is 17.0 Å². The number of rotatable bonds is 5. The molecule has 2 aromatic rings. The highest BCUT2D eigenvalue weighted by molar-refractivity contribution is 7.16. The zero-order valence-corrected chi connectivity index (χ0v) is 23.5. The van der Waals surface area contributed by atoms with Crippen LogP contribution >= 0.6 is 11.3 Å². The van der Waals surface area contributed by atoms with Crippen LogP contribution in [0.1, 0.15) is 74.2 Å².